The second-order valence-corrected chi connectivity index (χ2v) is 4.00. The number of carbonyl (C=O) groups excluding carboxylic acids is 1. The number of fused-ring (bicyclic) bond motifs is 1. The van der Waals surface area contributed by atoms with E-state index in [4.69, 9.17) is 5.73 Å². The first-order valence-corrected chi connectivity index (χ1v) is 5.13. The van der Waals surface area contributed by atoms with Crippen molar-refractivity contribution >= 4 is 11.6 Å². The number of halogens is 3. The Kier molecular flexibility index (Phi) is 2.82. The van der Waals surface area contributed by atoms with Crippen LogP contribution in [-0.2, 0) is 17.4 Å². The van der Waals surface area contributed by atoms with Crippen LogP contribution in [0.4, 0.5) is 18.9 Å². The second kappa shape index (κ2) is 4.03. The van der Waals surface area contributed by atoms with Crippen molar-refractivity contribution in [2.45, 2.75) is 12.6 Å². The number of carbonyl (C=O) groups is 1. The standard InChI is InChI=1S/C11H11F3N2O/c12-11(13,14)8-2-1-6-3-7(5-15)10(17)16-9(6)4-8/h1-2,4,7H,3,5,15H2,(H,16,17). The van der Waals surface area contributed by atoms with E-state index in [1.54, 1.807) is 0 Å². The smallest absolute Gasteiger partial charge is 0.330 e. The van der Waals surface area contributed by atoms with Crippen molar-refractivity contribution in [3.05, 3.63) is 29.3 Å². The maximum Gasteiger partial charge on any atom is 0.416 e. The first kappa shape index (κ1) is 11.9. The largest absolute Gasteiger partial charge is 0.416 e. The van der Waals surface area contributed by atoms with E-state index in [2.05, 4.69) is 5.32 Å². The van der Waals surface area contributed by atoms with E-state index in [1.807, 2.05) is 0 Å². The number of nitrogens with two attached hydrogens (primary N) is 1. The zero-order valence-corrected chi connectivity index (χ0v) is 8.84. The molecule has 1 aliphatic heterocycles. The minimum atomic E-state index is -4.40. The van der Waals surface area contributed by atoms with Crippen molar-refractivity contribution in [1.29, 1.82) is 0 Å². The van der Waals surface area contributed by atoms with Gasteiger partial charge in [0.25, 0.3) is 0 Å². The van der Waals surface area contributed by atoms with E-state index >= 15 is 0 Å². The Morgan fingerprint density at radius 2 is 2.12 bits per heavy atom. The van der Waals surface area contributed by atoms with Gasteiger partial charge in [0.05, 0.1) is 11.5 Å². The van der Waals surface area contributed by atoms with Crippen LogP contribution in [0.2, 0.25) is 0 Å². The van der Waals surface area contributed by atoms with Gasteiger partial charge < -0.3 is 11.1 Å². The molecule has 1 aromatic rings. The number of alkyl halides is 3. The summed E-state index contributed by atoms with van der Waals surface area (Å²) in [7, 11) is 0. The van der Waals surface area contributed by atoms with Gasteiger partial charge in [0.15, 0.2) is 0 Å². The molecule has 1 heterocycles. The Bertz CT molecular complexity index is 457. The van der Waals surface area contributed by atoms with Gasteiger partial charge in [-0.2, -0.15) is 13.2 Å². The van der Waals surface area contributed by atoms with Crippen LogP contribution in [0.1, 0.15) is 11.1 Å². The molecule has 0 fully saturated rings. The third-order valence-corrected chi connectivity index (χ3v) is 2.82. The first-order chi connectivity index (χ1) is 7.91. The molecule has 6 heteroatoms. The molecular weight excluding hydrogens is 233 g/mol. The van der Waals surface area contributed by atoms with Crippen molar-refractivity contribution in [1.82, 2.24) is 0 Å². The van der Waals surface area contributed by atoms with Crippen LogP contribution in [0.15, 0.2) is 18.2 Å². The highest BCUT2D eigenvalue weighted by Gasteiger charge is 2.33. The van der Waals surface area contributed by atoms with Gasteiger partial charge in [-0.1, -0.05) is 6.07 Å². The fraction of sp³-hybridized carbons (Fsp3) is 0.364. The molecule has 0 aromatic heterocycles. The SMILES string of the molecule is NCC1Cc2ccc(C(F)(F)F)cc2NC1=O. The monoisotopic (exact) mass is 244 g/mol. The van der Waals surface area contributed by atoms with Crippen molar-refractivity contribution in [3.8, 4) is 0 Å². The minimum absolute atomic E-state index is 0.187. The molecule has 1 aliphatic rings. The van der Waals surface area contributed by atoms with Gasteiger partial charge in [0.1, 0.15) is 0 Å². The topological polar surface area (TPSA) is 55.1 Å². The highest BCUT2D eigenvalue weighted by atomic mass is 19.4. The molecule has 3 nitrogen and oxygen atoms in total. The average Bonchev–Trinajstić information content (AvgIpc) is 2.26. The number of hydrogen-bond donors (Lipinski definition) is 2. The van der Waals surface area contributed by atoms with Gasteiger partial charge in [0.2, 0.25) is 5.91 Å². The Morgan fingerprint density at radius 1 is 1.41 bits per heavy atom. The van der Waals surface area contributed by atoms with E-state index < -0.39 is 11.7 Å². The van der Waals surface area contributed by atoms with Crippen molar-refractivity contribution < 1.29 is 18.0 Å². The fourth-order valence-corrected chi connectivity index (χ4v) is 1.83. The van der Waals surface area contributed by atoms with E-state index in [9.17, 15) is 18.0 Å². The molecule has 0 spiro atoms. The maximum absolute atomic E-state index is 12.5. The lowest BCUT2D eigenvalue weighted by molar-refractivity contribution is -0.137. The van der Waals surface area contributed by atoms with Gasteiger partial charge in [-0.3, -0.25) is 4.79 Å². The summed E-state index contributed by atoms with van der Waals surface area (Å²) in [5.74, 6) is -0.682. The van der Waals surface area contributed by atoms with Gasteiger partial charge in [-0.25, -0.2) is 0 Å². The number of benzene rings is 1. The van der Waals surface area contributed by atoms with Gasteiger partial charge in [-0.05, 0) is 24.1 Å². The molecule has 1 aromatic carbocycles. The van der Waals surface area contributed by atoms with E-state index in [0.29, 0.717) is 12.0 Å². The van der Waals surface area contributed by atoms with Crippen LogP contribution < -0.4 is 11.1 Å². The summed E-state index contributed by atoms with van der Waals surface area (Å²) in [5.41, 5.74) is 5.57. The summed E-state index contributed by atoms with van der Waals surface area (Å²) >= 11 is 0. The van der Waals surface area contributed by atoms with Crippen LogP contribution in [0.25, 0.3) is 0 Å². The predicted octanol–water partition coefficient (Wildman–Crippen LogP) is 1.77. The second-order valence-electron chi connectivity index (χ2n) is 4.00. The Hall–Kier alpha value is -1.56. The number of amides is 1. The van der Waals surface area contributed by atoms with Gasteiger partial charge in [-0.15, -0.1) is 0 Å². The fourth-order valence-electron chi connectivity index (χ4n) is 1.83. The number of rotatable bonds is 1. The molecule has 3 N–H and O–H groups in total. The lowest BCUT2D eigenvalue weighted by Gasteiger charge is -2.24. The molecule has 2 rings (SSSR count). The summed E-state index contributed by atoms with van der Waals surface area (Å²) in [5, 5.41) is 2.45. The Labute approximate surface area is 95.8 Å². The Balaban J connectivity index is 2.36. The lowest BCUT2D eigenvalue weighted by atomic mass is 9.92. The third kappa shape index (κ3) is 2.26. The molecule has 92 valence electrons. The van der Waals surface area contributed by atoms with Gasteiger partial charge in [0, 0.05) is 12.2 Å². The van der Waals surface area contributed by atoms with E-state index in [-0.39, 0.29) is 24.1 Å². The lowest BCUT2D eigenvalue weighted by Crippen LogP contribution is -2.35. The summed E-state index contributed by atoms with van der Waals surface area (Å²) in [6, 6.07) is 3.37. The molecule has 17 heavy (non-hydrogen) atoms. The zero-order chi connectivity index (χ0) is 12.6. The number of nitrogens with one attached hydrogen (secondary N) is 1. The molecule has 0 bridgehead atoms. The van der Waals surface area contributed by atoms with E-state index in [1.165, 1.54) is 6.07 Å². The normalized spacial score (nSPS) is 19.8. The van der Waals surface area contributed by atoms with E-state index in [0.717, 1.165) is 12.1 Å². The number of anilines is 1. The first-order valence-electron chi connectivity index (χ1n) is 5.13. The zero-order valence-electron chi connectivity index (χ0n) is 8.84. The predicted molar refractivity (Wildman–Crippen MR) is 56.3 cm³/mol. The third-order valence-electron chi connectivity index (χ3n) is 2.82. The summed E-state index contributed by atoms with van der Waals surface area (Å²) < 4.78 is 37.4. The van der Waals surface area contributed by atoms with Crippen LogP contribution >= 0.6 is 0 Å². The van der Waals surface area contributed by atoms with Crippen molar-refractivity contribution in [2.75, 3.05) is 11.9 Å². The van der Waals surface area contributed by atoms with Gasteiger partial charge >= 0.3 is 6.18 Å². The van der Waals surface area contributed by atoms with Crippen LogP contribution in [0, 0.1) is 5.92 Å². The van der Waals surface area contributed by atoms with Crippen molar-refractivity contribution in [3.63, 3.8) is 0 Å². The molecular formula is C11H11F3N2O. The molecule has 1 atom stereocenters. The number of hydrogen-bond acceptors (Lipinski definition) is 2. The minimum Gasteiger partial charge on any atom is -0.330 e. The van der Waals surface area contributed by atoms with Crippen LogP contribution in [0.3, 0.4) is 0 Å². The molecule has 0 radical (unpaired) electrons. The van der Waals surface area contributed by atoms with Crippen LogP contribution in [-0.4, -0.2) is 12.5 Å². The molecule has 0 saturated carbocycles. The highest BCUT2D eigenvalue weighted by Crippen LogP contribution is 2.34. The quantitative estimate of drug-likeness (QED) is 0.791. The summed E-state index contributed by atoms with van der Waals surface area (Å²) in [6.07, 6.45) is -4.01. The maximum atomic E-state index is 12.5. The molecule has 0 saturated heterocycles. The summed E-state index contributed by atoms with van der Waals surface area (Å²) in [4.78, 5) is 11.5. The molecule has 0 aliphatic carbocycles. The van der Waals surface area contributed by atoms with Crippen molar-refractivity contribution in [2.24, 2.45) is 11.7 Å². The van der Waals surface area contributed by atoms with Crippen LogP contribution in [0.5, 0.6) is 0 Å². The highest BCUT2D eigenvalue weighted by molar-refractivity contribution is 5.96. The Morgan fingerprint density at radius 3 is 2.71 bits per heavy atom. The average molecular weight is 244 g/mol. The molecule has 1 unspecified atom stereocenters. The summed E-state index contributed by atoms with van der Waals surface area (Å²) in [6.45, 7) is 0.187. The molecule has 1 amide bonds.